The molecule has 0 radical (unpaired) electrons. The lowest BCUT2D eigenvalue weighted by molar-refractivity contribution is -0.128. The zero-order chi connectivity index (χ0) is 14.7. The molecule has 0 aliphatic carbocycles. The number of aliphatic hydroxyl groups excluding tert-OH is 1. The Labute approximate surface area is 124 Å². The molecule has 1 aliphatic heterocycles. The van der Waals surface area contributed by atoms with Crippen molar-refractivity contribution < 1.29 is 9.90 Å². The molecule has 0 aromatic heterocycles. The molecule has 3 rings (SSSR count). The minimum atomic E-state index is -0.273. The van der Waals surface area contributed by atoms with Crippen LogP contribution in [0, 0.1) is 0 Å². The lowest BCUT2D eigenvalue weighted by atomic mass is 10.1. The number of carbonyl (C=O) groups is 1. The number of hydrogen-bond acceptors (Lipinski definition) is 2. The Morgan fingerprint density at radius 2 is 1.48 bits per heavy atom. The second-order valence-corrected chi connectivity index (χ2v) is 5.26. The maximum atomic E-state index is 12.1. The Kier molecular flexibility index (Phi) is 3.73. The van der Waals surface area contributed by atoms with Crippen LogP contribution >= 0.6 is 0 Å². The summed E-state index contributed by atoms with van der Waals surface area (Å²) in [5, 5.41) is 10.1. The molecule has 3 heteroatoms. The summed E-state index contributed by atoms with van der Waals surface area (Å²) in [7, 11) is 0. The van der Waals surface area contributed by atoms with E-state index in [2.05, 4.69) is 0 Å². The average molecular weight is 279 g/mol. The monoisotopic (exact) mass is 279 g/mol. The zero-order valence-electron chi connectivity index (χ0n) is 11.7. The second kappa shape index (κ2) is 5.83. The smallest absolute Gasteiger partial charge is 0.289 e. The van der Waals surface area contributed by atoms with Crippen molar-refractivity contribution in [2.24, 2.45) is 0 Å². The maximum Gasteiger partial charge on any atom is 0.289 e. The molecule has 1 N–H and O–H groups in total. The van der Waals surface area contributed by atoms with Crippen LogP contribution in [-0.4, -0.2) is 22.5 Å². The molecule has 21 heavy (non-hydrogen) atoms. The molecule has 1 heterocycles. The second-order valence-electron chi connectivity index (χ2n) is 5.26. The molecule has 0 unspecified atom stereocenters. The normalized spacial score (nSPS) is 14.9. The van der Waals surface area contributed by atoms with Crippen molar-refractivity contribution in [1.82, 2.24) is 4.90 Å². The van der Waals surface area contributed by atoms with Gasteiger partial charge in [-0.2, -0.15) is 0 Å². The third-order valence-corrected chi connectivity index (χ3v) is 3.68. The summed E-state index contributed by atoms with van der Waals surface area (Å²) in [6.45, 7) is 1.02. The summed E-state index contributed by atoms with van der Waals surface area (Å²) < 4.78 is 0. The SMILES string of the molecule is O=C1C(O)=C(Cc2ccccc2)CN1Cc1ccccc1. The van der Waals surface area contributed by atoms with Crippen molar-refractivity contribution in [3.05, 3.63) is 83.1 Å². The van der Waals surface area contributed by atoms with Crippen LogP contribution in [0.2, 0.25) is 0 Å². The van der Waals surface area contributed by atoms with Crippen molar-refractivity contribution in [2.45, 2.75) is 13.0 Å². The van der Waals surface area contributed by atoms with E-state index >= 15 is 0 Å². The molecule has 0 bridgehead atoms. The molecular formula is C18H17NO2. The number of nitrogens with zero attached hydrogens (tertiary/aromatic N) is 1. The topological polar surface area (TPSA) is 40.5 Å². The third-order valence-electron chi connectivity index (χ3n) is 3.68. The molecule has 0 atom stereocenters. The van der Waals surface area contributed by atoms with E-state index in [9.17, 15) is 9.90 Å². The zero-order valence-corrected chi connectivity index (χ0v) is 11.7. The first-order chi connectivity index (χ1) is 10.2. The van der Waals surface area contributed by atoms with Crippen LogP contribution in [-0.2, 0) is 17.8 Å². The van der Waals surface area contributed by atoms with Crippen molar-refractivity contribution >= 4 is 5.91 Å². The van der Waals surface area contributed by atoms with Gasteiger partial charge in [0.15, 0.2) is 5.76 Å². The Bertz CT molecular complexity index is 662. The van der Waals surface area contributed by atoms with Gasteiger partial charge in [0.25, 0.3) is 5.91 Å². The highest BCUT2D eigenvalue weighted by Crippen LogP contribution is 2.22. The molecule has 1 amide bonds. The largest absolute Gasteiger partial charge is 0.503 e. The van der Waals surface area contributed by atoms with Crippen molar-refractivity contribution in [1.29, 1.82) is 0 Å². The van der Waals surface area contributed by atoms with Gasteiger partial charge < -0.3 is 10.0 Å². The highest BCUT2D eigenvalue weighted by atomic mass is 16.3. The van der Waals surface area contributed by atoms with E-state index < -0.39 is 0 Å². The summed E-state index contributed by atoms with van der Waals surface area (Å²) in [5.74, 6) is -0.362. The molecule has 0 saturated heterocycles. The average Bonchev–Trinajstić information content (AvgIpc) is 2.78. The molecule has 0 fully saturated rings. The first-order valence-electron chi connectivity index (χ1n) is 7.02. The summed E-state index contributed by atoms with van der Waals surface area (Å²) in [6.07, 6.45) is 0.615. The molecule has 0 spiro atoms. The Morgan fingerprint density at radius 1 is 0.905 bits per heavy atom. The van der Waals surface area contributed by atoms with E-state index in [1.165, 1.54) is 0 Å². The fourth-order valence-electron chi connectivity index (χ4n) is 2.59. The number of rotatable bonds is 4. The first-order valence-corrected chi connectivity index (χ1v) is 7.02. The van der Waals surface area contributed by atoms with Gasteiger partial charge in [-0.15, -0.1) is 0 Å². The van der Waals surface area contributed by atoms with Gasteiger partial charge in [-0.3, -0.25) is 4.79 Å². The van der Waals surface area contributed by atoms with E-state index in [1.54, 1.807) is 4.90 Å². The van der Waals surface area contributed by atoms with Crippen LogP contribution in [0.25, 0.3) is 0 Å². The Hall–Kier alpha value is -2.55. The number of benzene rings is 2. The van der Waals surface area contributed by atoms with Gasteiger partial charge in [-0.05, 0) is 17.5 Å². The minimum absolute atomic E-state index is 0.0882. The van der Waals surface area contributed by atoms with Gasteiger partial charge in [0.1, 0.15) is 0 Å². The van der Waals surface area contributed by atoms with E-state index in [1.807, 2.05) is 60.7 Å². The number of carbonyl (C=O) groups excluding carboxylic acids is 1. The lowest BCUT2D eigenvalue weighted by Crippen LogP contribution is -2.26. The van der Waals surface area contributed by atoms with Crippen LogP contribution in [0.5, 0.6) is 0 Å². The number of hydrogen-bond donors (Lipinski definition) is 1. The summed E-state index contributed by atoms with van der Waals surface area (Å²) in [6, 6.07) is 19.7. The van der Waals surface area contributed by atoms with Crippen molar-refractivity contribution in [3.63, 3.8) is 0 Å². The van der Waals surface area contributed by atoms with Gasteiger partial charge in [-0.1, -0.05) is 60.7 Å². The highest BCUT2D eigenvalue weighted by molar-refractivity contribution is 5.94. The quantitative estimate of drug-likeness (QED) is 0.934. The molecule has 1 aliphatic rings. The van der Waals surface area contributed by atoms with Crippen LogP contribution in [0.4, 0.5) is 0 Å². The van der Waals surface area contributed by atoms with Crippen LogP contribution < -0.4 is 0 Å². The van der Waals surface area contributed by atoms with Crippen molar-refractivity contribution in [2.75, 3.05) is 6.54 Å². The van der Waals surface area contributed by atoms with E-state index in [-0.39, 0.29) is 11.7 Å². The molecule has 2 aromatic carbocycles. The summed E-state index contributed by atoms with van der Waals surface area (Å²) >= 11 is 0. The van der Waals surface area contributed by atoms with Crippen LogP contribution in [0.15, 0.2) is 72.0 Å². The minimum Gasteiger partial charge on any atom is -0.503 e. The fourth-order valence-corrected chi connectivity index (χ4v) is 2.59. The number of aliphatic hydroxyl groups is 1. The van der Waals surface area contributed by atoms with E-state index in [4.69, 9.17) is 0 Å². The van der Waals surface area contributed by atoms with Crippen molar-refractivity contribution in [3.8, 4) is 0 Å². The first kappa shape index (κ1) is 13.4. The predicted molar refractivity (Wildman–Crippen MR) is 81.7 cm³/mol. The predicted octanol–water partition coefficient (Wildman–Crippen LogP) is 3.08. The number of amides is 1. The van der Waals surface area contributed by atoms with Gasteiger partial charge in [0.2, 0.25) is 0 Å². The van der Waals surface area contributed by atoms with Crippen LogP contribution in [0.1, 0.15) is 11.1 Å². The summed E-state index contributed by atoms with van der Waals surface area (Å²) in [4.78, 5) is 13.8. The Morgan fingerprint density at radius 3 is 2.10 bits per heavy atom. The standard InChI is InChI=1S/C18H17NO2/c20-17-16(11-14-7-3-1-4-8-14)13-19(18(17)21)12-15-9-5-2-6-10-15/h1-10,20H,11-13H2. The van der Waals surface area contributed by atoms with E-state index in [0.29, 0.717) is 19.5 Å². The molecule has 2 aromatic rings. The molecule has 0 saturated carbocycles. The maximum absolute atomic E-state index is 12.1. The Balaban J connectivity index is 1.71. The summed E-state index contributed by atoms with van der Waals surface area (Å²) in [5.41, 5.74) is 2.97. The highest BCUT2D eigenvalue weighted by Gasteiger charge is 2.29. The molecular weight excluding hydrogens is 262 g/mol. The van der Waals surface area contributed by atoms with Crippen LogP contribution in [0.3, 0.4) is 0 Å². The molecule has 106 valence electrons. The fraction of sp³-hybridized carbons (Fsp3) is 0.167. The lowest BCUT2D eigenvalue weighted by Gasteiger charge is -2.16. The molecule has 3 nitrogen and oxygen atoms in total. The van der Waals surface area contributed by atoms with Gasteiger partial charge in [0, 0.05) is 18.7 Å². The third kappa shape index (κ3) is 2.97. The van der Waals surface area contributed by atoms with E-state index in [0.717, 1.165) is 16.7 Å². The van der Waals surface area contributed by atoms with Gasteiger partial charge in [-0.25, -0.2) is 0 Å². The van der Waals surface area contributed by atoms with Gasteiger partial charge >= 0.3 is 0 Å². The van der Waals surface area contributed by atoms with Gasteiger partial charge in [0.05, 0.1) is 0 Å².